The molecule has 0 amide bonds. The van der Waals surface area contributed by atoms with Crippen LogP contribution in [-0.4, -0.2) is 48.7 Å². The second kappa shape index (κ2) is 10.4. The number of hydrogen-bond acceptors (Lipinski definition) is 5. The van der Waals surface area contributed by atoms with Gasteiger partial charge in [-0.15, -0.1) is 0 Å². The molecule has 5 rings (SSSR count). The average Bonchev–Trinajstić information content (AvgIpc) is 3.12. The van der Waals surface area contributed by atoms with Crippen LogP contribution >= 0.6 is 0 Å². The van der Waals surface area contributed by atoms with Crippen molar-refractivity contribution in [3.05, 3.63) is 84.7 Å². The molecular weight excluding hydrogens is 450 g/mol. The van der Waals surface area contributed by atoms with E-state index in [1.165, 1.54) is 6.07 Å². The number of benzene rings is 3. The highest BCUT2D eigenvalue weighted by molar-refractivity contribution is 6.75. The first-order chi connectivity index (χ1) is 17.2. The molecule has 4 radical (unpaired) electrons. The molecule has 1 fully saturated rings. The molecule has 0 unspecified atom stereocenters. The summed E-state index contributed by atoms with van der Waals surface area (Å²) < 4.78 is 27.1. The van der Waals surface area contributed by atoms with Crippen molar-refractivity contribution in [3.8, 4) is 34.2 Å². The maximum atomic E-state index is 14.9. The lowest BCUT2D eigenvalue weighted by atomic mass is 9.78. The lowest BCUT2D eigenvalue weighted by molar-refractivity contribution is 0.00578. The zero-order chi connectivity index (χ0) is 25.9. The molecule has 0 saturated carbocycles. The number of rotatable bonds is 4. The molecule has 176 valence electrons. The third kappa shape index (κ3) is 5.13. The van der Waals surface area contributed by atoms with Crippen molar-refractivity contribution in [2.45, 2.75) is 38.9 Å². The van der Waals surface area contributed by atoms with Gasteiger partial charge >= 0.3 is 7.12 Å². The lowest BCUT2D eigenvalue weighted by Crippen LogP contribution is -2.41. The van der Waals surface area contributed by atoms with Crippen molar-refractivity contribution >= 4 is 28.1 Å². The second-order valence-corrected chi connectivity index (χ2v) is 9.36. The van der Waals surface area contributed by atoms with Crippen molar-refractivity contribution in [2.75, 3.05) is 0 Å². The van der Waals surface area contributed by atoms with Gasteiger partial charge in [-0.2, -0.15) is 0 Å². The van der Waals surface area contributed by atoms with Crippen LogP contribution in [0.25, 0.3) is 34.2 Å². The Morgan fingerprint density at radius 1 is 0.639 bits per heavy atom. The van der Waals surface area contributed by atoms with Crippen LogP contribution in [0.1, 0.15) is 27.7 Å². The van der Waals surface area contributed by atoms with Crippen LogP contribution < -0.4 is 5.46 Å². The Hall–Kier alpha value is -3.29. The smallest absolute Gasteiger partial charge is 0.399 e. The monoisotopic (exact) mass is 475 g/mol. The minimum Gasteiger partial charge on any atom is -0.399 e. The zero-order valence-corrected chi connectivity index (χ0v) is 20.8. The van der Waals surface area contributed by atoms with E-state index in [1.54, 1.807) is 12.1 Å². The zero-order valence-electron chi connectivity index (χ0n) is 20.8. The van der Waals surface area contributed by atoms with E-state index in [-0.39, 0.29) is 0 Å². The summed E-state index contributed by atoms with van der Waals surface area (Å²) in [6.45, 7) is 7.77. The van der Waals surface area contributed by atoms with Gasteiger partial charge in [-0.3, -0.25) is 0 Å². The predicted molar refractivity (Wildman–Crippen MR) is 143 cm³/mol. The van der Waals surface area contributed by atoms with Crippen LogP contribution in [-0.2, 0) is 9.31 Å². The topological polar surface area (TPSA) is 57.1 Å². The van der Waals surface area contributed by atoms with E-state index in [0.29, 0.717) is 28.5 Å². The first kappa shape index (κ1) is 25.8. The summed E-state index contributed by atoms with van der Waals surface area (Å²) in [5, 5.41) is 0. The largest absolute Gasteiger partial charge is 0.497 e. The van der Waals surface area contributed by atoms with E-state index in [4.69, 9.17) is 24.3 Å². The van der Waals surface area contributed by atoms with Crippen molar-refractivity contribution < 1.29 is 13.7 Å². The number of nitrogens with zero attached hydrogens (tertiary/aromatic N) is 3. The summed E-state index contributed by atoms with van der Waals surface area (Å²) >= 11 is 0. The molecule has 9 heteroatoms. The van der Waals surface area contributed by atoms with Gasteiger partial charge < -0.3 is 9.31 Å². The molecule has 2 heterocycles. The first-order valence-electron chi connectivity index (χ1n) is 11.6. The lowest BCUT2D eigenvalue weighted by Gasteiger charge is -2.32. The molecule has 4 aromatic rings. The molecule has 3 aromatic carbocycles. The van der Waals surface area contributed by atoms with Gasteiger partial charge in [-0.1, -0.05) is 60.7 Å². The Labute approximate surface area is 214 Å². The average molecular weight is 475 g/mol. The van der Waals surface area contributed by atoms with E-state index >= 15 is 0 Å². The second-order valence-electron chi connectivity index (χ2n) is 9.36. The fourth-order valence-corrected chi connectivity index (χ4v) is 3.77. The molecule has 0 N–H and O–H groups in total. The summed E-state index contributed by atoms with van der Waals surface area (Å²) in [5.74, 6) is 1.14. The van der Waals surface area contributed by atoms with Crippen LogP contribution in [0, 0.1) is 5.82 Å². The standard InChI is InChI=1S/C27H25BFN3O2.B2/c1-26(2)27(3,4)34-28(33-26)21-17-20(15-16-22(21)29)25-31-23(18-11-7-5-8-12-18)30-24(32-25)19-13-9-6-10-14-19;1-2/h5-17H,1-4H3;. The van der Waals surface area contributed by atoms with Gasteiger partial charge in [-0.25, -0.2) is 19.3 Å². The Morgan fingerprint density at radius 3 is 1.50 bits per heavy atom. The molecular formula is C27H25B3FN3O2. The van der Waals surface area contributed by atoms with E-state index in [1.807, 2.05) is 88.4 Å². The van der Waals surface area contributed by atoms with E-state index < -0.39 is 24.1 Å². The van der Waals surface area contributed by atoms with Crippen molar-refractivity contribution in [2.24, 2.45) is 0 Å². The molecule has 1 aliphatic heterocycles. The Balaban J connectivity index is 0.00000148. The fraction of sp³-hybridized carbons (Fsp3) is 0.222. The molecule has 0 atom stereocenters. The third-order valence-electron chi connectivity index (χ3n) is 6.46. The summed E-state index contributed by atoms with van der Waals surface area (Å²) in [5.41, 5.74) is 1.57. The molecule has 1 aliphatic rings. The summed E-state index contributed by atoms with van der Waals surface area (Å²) in [4.78, 5) is 14.2. The van der Waals surface area contributed by atoms with Crippen LogP contribution in [0.15, 0.2) is 78.9 Å². The van der Waals surface area contributed by atoms with Crippen LogP contribution in [0.5, 0.6) is 0 Å². The summed E-state index contributed by atoms with van der Waals surface area (Å²) in [6, 6.07) is 24.2. The quantitative estimate of drug-likeness (QED) is 0.406. The normalized spacial score (nSPS) is 15.8. The Bertz CT molecular complexity index is 1270. The van der Waals surface area contributed by atoms with Crippen LogP contribution in [0.2, 0.25) is 0 Å². The van der Waals surface area contributed by atoms with E-state index in [2.05, 4.69) is 15.5 Å². The molecule has 0 aliphatic carbocycles. The molecule has 5 nitrogen and oxygen atoms in total. The Kier molecular flexibility index (Phi) is 7.43. The highest BCUT2D eigenvalue weighted by Gasteiger charge is 2.52. The van der Waals surface area contributed by atoms with Gasteiger partial charge in [-0.05, 0) is 45.9 Å². The van der Waals surface area contributed by atoms with Gasteiger partial charge in [0.25, 0.3) is 0 Å². The predicted octanol–water partition coefficient (Wildman–Crippen LogP) is 4.55. The third-order valence-corrected chi connectivity index (χ3v) is 6.46. The van der Waals surface area contributed by atoms with Gasteiger partial charge in [0.1, 0.15) is 5.82 Å². The van der Waals surface area contributed by atoms with Crippen molar-refractivity contribution in [1.29, 1.82) is 0 Å². The van der Waals surface area contributed by atoms with Crippen molar-refractivity contribution in [1.82, 2.24) is 15.0 Å². The van der Waals surface area contributed by atoms with Crippen molar-refractivity contribution in [3.63, 3.8) is 0 Å². The summed E-state index contributed by atoms with van der Waals surface area (Å²) in [6.07, 6.45) is 0. The summed E-state index contributed by atoms with van der Waals surface area (Å²) in [7, 11) is 7.17. The van der Waals surface area contributed by atoms with E-state index in [0.717, 1.165) is 11.1 Å². The fourth-order valence-electron chi connectivity index (χ4n) is 3.77. The molecule has 0 spiro atoms. The maximum Gasteiger partial charge on any atom is 0.497 e. The van der Waals surface area contributed by atoms with Crippen LogP contribution in [0.4, 0.5) is 4.39 Å². The minimum absolute atomic E-state index is 0.319. The van der Waals surface area contributed by atoms with Crippen LogP contribution in [0.3, 0.4) is 0 Å². The molecule has 36 heavy (non-hydrogen) atoms. The van der Waals surface area contributed by atoms with Gasteiger partial charge in [0.05, 0.1) is 11.2 Å². The number of aromatic nitrogens is 3. The SMILES string of the molecule is CC1(C)OB(c2cc(-c3nc(-c4ccccc4)nc(-c4ccccc4)n3)ccc2F)OC1(C)C.[B][B]. The molecule has 0 bridgehead atoms. The Morgan fingerprint density at radius 2 is 1.06 bits per heavy atom. The van der Waals surface area contributed by atoms with Gasteiger partial charge in [0.2, 0.25) is 0 Å². The number of hydrogen-bond donors (Lipinski definition) is 0. The van der Waals surface area contributed by atoms with Gasteiger partial charge in [0.15, 0.2) is 17.5 Å². The maximum absolute atomic E-state index is 14.9. The molecule has 1 aromatic heterocycles. The first-order valence-corrected chi connectivity index (χ1v) is 11.6. The highest BCUT2D eigenvalue weighted by atomic mass is 19.1. The minimum atomic E-state index is -0.825. The number of halogens is 1. The highest BCUT2D eigenvalue weighted by Crippen LogP contribution is 2.37. The molecule has 1 saturated heterocycles. The van der Waals surface area contributed by atoms with E-state index in [9.17, 15) is 4.39 Å². The van der Waals surface area contributed by atoms with Gasteiger partial charge in [0, 0.05) is 37.6 Å².